The minimum absolute atomic E-state index is 0.125. The smallest absolute Gasteiger partial charge is 0.323 e. The molecule has 4 atom stereocenters. The molecule has 6 N–H and O–H groups in total. The molecule has 0 aliphatic heterocycles. The van der Waals surface area contributed by atoms with Gasteiger partial charge in [0.15, 0.2) is 0 Å². The highest BCUT2D eigenvalue weighted by Crippen LogP contribution is 2.32. The first-order valence-electron chi connectivity index (χ1n) is 16.6. The molecular weight excluding hydrogens is 672 g/mol. The number of ether oxygens (including phenoxy) is 4. The lowest BCUT2D eigenvalue weighted by molar-refractivity contribution is -0.143. The van der Waals surface area contributed by atoms with E-state index in [4.69, 9.17) is 18.9 Å². The van der Waals surface area contributed by atoms with Crippen LogP contribution in [-0.4, -0.2) is 80.8 Å². The molecule has 2 aromatic carbocycles. The van der Waals surface area contributed by atoms with E-state index in [1.165, 1.54) is 28.1 Å². The van der Waals surface area contributed by atoms with Gasteiger partial charge >= 0.3 is 11.9 Å². The van der Waals surface area contributed by atoms with Gasteiger partial charge < -0.3 is 39.4 Å². The second kappa shape index (κ2) is 18.3. The molecule has 0 aliphatic carbocycles. The molecule has 0 bridgehead atoms. The van der Waals surface area contributed by atoms with E-state index in [9.17, 15) is 30.0 Å². The van der Waals surface area contributed by atoms with Crippen molar-refractivity contribution in [2.75, 3.05) is 14.2 Å². The fourth-order valence-electron chi connectivity index (χ4n) is 5.62. The van der Waals surface area contributed by atoms with Crippen molar-refractivity contribution in [3.8, 4) is 34.6 Å². The Labute approximate surface area is 302 Å². The zero-order chi connectivity index (χ0) is 37.9. The zero-order valence-electron chi connectivity index (χ0n) is 30.0. The first-order chi connectivity index (χ1) is 24.8. The third-order valence-corrected chi connectivity index (χ3v) is 8.67. The Morgan fingerprint density at radius 3 is 1.35 bits per heavy atom. The highest BCUT2D eigenvalue weighted by Gasteiger charge is 2.24. The molecule has 14 nitrogen and oxygen atoms in total. The number of hydrogen-bond donors (Lipinski definition) is 6. The third kappa shape index (κ3) is 9.94. The van der Waals surface area contributed by atoms with Crippen LogP contribution in [-0.2, 0) is 35.9 Å². The monoisotopic (exact) mass is 718 g/mol. The lowest BCUT2D eigenvalue weighted by atomic mass is 9.92. The van der Waals surface area contributed by atoms with Crippen molar-refractivity contribution in [3.05, 3.63) is 94.0 Å². The van der Waals surface area contributed by atoms with Gasteiger partial charge in [-0.25, -0.2) is 0 Å². The fourth-order valence-corrected chi connectivity index (χ4v) is 5.62. The van der Waals surface area contributed by atoms with E-state index in [0.29, 0.717) is 22.9 Å². The van der Waals surface area contributed by atoms with Crippen molar-refractivity contribution < 1.29 is 49.0 Å². The van der Waals surface area contributed by atoms with Crippen molar-refractivity contribution in [1.29, 1.82) is 0 Å². The number of benzene rings is 2. The average molecular weight is 719 g/mol. The predicted octanol–water partition coefficient (Wildman–Crippen LogP) is 3.78. The minimum Gasteiger partial charge on any atom is -0.481 e. The molecular formula is C38H46N4O10. The molecule has 0 fully saturated rings. The lowest BCUT2D eigenvalue weighted by Crippen LogP contribution is -2.44. The van der Waals surface area contributed by atoms with Gasteiger partial charge in [0.1, 0.15) is 25.3 Å². The number of carbonyl (C=O) groups is 2. The van der Waals surface area contributed by atoms with Crippen LogP contribution in [0.2, 0.25) is 0 Å². The van der Waals surface area contributed by atoms with Crippen LogP contribution in [0, 0.1) is 13.8 Å². The molecule has 278 valence electrons. The number of carboxylic acid groups (broad SMARTS) is 2. The maximum Gasteiger partial charge on any atom is 0.323 e. The summed E-state index contributed by atoms with van der Waals surface area (Å²) in [6.07, 6.45) is -2.17. The van der Waals surface area contributed by atoms with E-state index in [0.717, 1.165) is 33.4 Å². The molecule has 4 aromatic rings. The molecule has 2 heterocycles. The summed E-state index contributed by atoms with van der Waals surface area (Å²) in [4.78, 5) is 31.7. The van der Waals surface area contributed by atoms with Crippen molar-refractivity contribution >= 4 is 11.9 Å². The Bertz CT molecular complexity index is 1720. The average Bonchev–Trinajstić information content (AvgIpc) is 3.11. The van der Waals surface area contributed by atoms with Crippen molar-refractivity contribution in [2.24, 2.45) is 0 Å². The number of aliphatic hydroxyl groups excluding tert-OH is 2. The highest BCUT2D eigenvalue weighted by molar-refractivity contribution is 5.75. The second-order valence-corrected chi connectivity index (χ2v) is 12.3. The number of methoxy groups -OCH3 is 2. The quantitative estimate of drug-likeness (QED) is 0.0818. The summed E-state index contributed by atoms with van der Waals surface area (Å²) in [6, 6.07) is 16.6. The lowest BCUT2D eigenvalue weighted by Gasteiger charge is -2.18. The molecule has 0 spiro atoms. The molecule has 52 heavy (non-hydrogen) atoms. The SMILES string of the molecule is COc1nc(OCc2cccc(-c3cccc(COc4ccc(CN[C@H](C(=O)O)[C@@H](C)O)c(OC)n4)c3C)c2C)ccc1CN[C@H](C(=O)O)[C@@H](C)O. The van der Waals surface area contributed by atoms with E-state index >= 15 is 0 Å². The van der Waals surface area contributed by atoms with Crippen LogP contribution in [0.25, 0.3) is 11.1 Å². The maximum atomic E-state index is 11.4. The normalized spacial score (nSPS) is 13.5. The second-order valence-electron chi connectivity index (χ2n) is 12.3. The molecule has 0 aliphatic rings. The van der Waals surface area contributed by atoms with Crippen LogP contribution in [0.15, 0.2) is 60.7 Å². The van der Waals surface area contributed by atoms with Crippen LogP contribution >= 0.6 is 0 Å². The van der Waals surface area contributed by atoms with E-state index in [2.05, 4.69) is 32.7 Å². The molecule has 4 rings (SSSR count). The summed E-state index contributed by atoms with van der Waals surface area (Å²) in [6.45, 7) is 7.62. The number of aliphatic hydroxyl groups is 2. The van der Waals surface area contributed by atoms with Gasteiger partial charge in [0.05, 0.1) is 26.4 Å². The predicted molar refractivity (Wildman–Crippen MR) is 191 cm³/mol. The Hall–Kier alpha value is -5.28. The molecule has 2 aromatic heterocycles. The van der Waals surface area contributed by atoms with Gasteiger partial charge in [0.2, 0.25) is 23.5 Å². The van der Waals surface area contributed by atoms with E-state index in [-0.39, 0.29) is 38.1 Å². The van der Waals surface area contributed by atoms with Gasteiger partial charge in [-0.05, 0) is 73.2 Å². The molecule has 14 heteroatoms. The Kier molecular flexibility index (Phi) is 13.9. The number of nitrogens with zero attached hydrogens (tertiary/aromatic N) is 2. The summed E-state index contributed by atoms with van der Waals surface area (Å²) in [5, 5.41) is 43.8. The fraction of sp³-hybridized carbons (Fsp3) is 0.368. The summed E-state index contributed by atoms with van der Waals surface area (Å²) in [5.74, 6) is -1.08. The van der Waals surface area contributed by atoms with E-state index in [1.807, 2.05) is 38.1 Å². The van der Waals surface area contributed by atoms with Crippen LogP contribution in [0.3, 0.4) is 0 Å². The van der Waals surface area contributed by atoms with Crippen molar-refractivity contribution in [3.63, 3.8) is 0 Å². The van der Waals surface area contributed by atoms with Crippen LogP contribution in [0.1, 0.15) is 47.2 Å². The molecule has 0 unspecified atom stereocenters. The Morgan fingerprint density at radius 2 is 1.02 bits per heavy atom. The van der Waals surface area contributed by atoms with Crippen molar-refractivity contribution in [2.45, 2.75) is 78.3 Å². The van der Waals surface area contributed by atoms with Gasteiger partial charge in [-0.15, -0.1) is 0 Å². The molecule has 0 radical (unpaired) electrons. The number of nitrogens with one attached hydrogen (secondary N) is 2. The topological polar surface area (TPSA) is 202 Å². The van der Waals surface area contributed by atoms with Gasteiger partial charge in [0, 0.05) is 36.3 Å². The summed E-state index contributed by atoms with van der Waals surface area (Å²) in [7, 11) is 2.94. The van der Waals surface area contributed by atoms with Gasteiger partial charge in [-0.2, -0.15) is 9.97 Å². The Morgan fingerprint density at radius 1 is 0.635 bits per heavy atom. The van der Waals surface area contributed by atoms with Crippen molar-refractivity contribution in [1.82, 2.24) is 20.6 Å². The third-order valence-electron chi connectivity index (χ3n) is 8.67. The van der Waals surface area contributed by atoms with Gasteiger partial charge in [-0.3, -0.25) is 20.2 Å². The number of rotatable bonds is 19. The molecule has 0 saturated carbocycles. The summed E-state index contributed by atoms with van der Waals surface area (Å²) < 4.78 is 23.0. The molecule has 0 amide bonds. The largest absolute Gasteiger partial charge is 0.481 e. The van der Waals surface area contributed by atoms with Crippen LogP contribution < -0.4 is 29.6 Å². The van der Waals surface area contributed by atoms with E-state index in [1.54, 1.807) is 24.3 Å². The standard InChI is InChI=1S/C38H46N4O10/c1-21-27(19-51-31-15-13-25(35(41-31)49-5)17-39-33(23(3)43)37(45)46)9-7-11-29(21)30-12-8-10-28(22(30)2)20-52-32-16-14-26(36(42-32)50-6)18-40-34(24(4)44)38(47)48/h7-16,23-24,33-34,39-40,43-44H,17-20H2,1-6H3,(H,45,46)(H,47,48)/t23-,24-,33+,34+/m1/s1. The van der Waals surface area contributed by atoms with Crippen LogP contribution in [0.5, 0.6) is 23.5 Å². The molecule has 0 saturated heterocycles. The summed E-state index contributed by atoms with van der Waals surface area (Å²) >= 11 is 0. The van der Waals surface area contributed by atoms with Gasteiger partial charge in [0.25, 0.3) is 0 Å². The number of aromatic nitrogens is 2. The first-order valence-corrected chi connectivity index (χ1v) is 16.6. The Balaban J connectivity index is 1.44. The number of hydrogen-bond acceptors (Lipinski definition) is 12. The van der Waals surface area contributed by atoms with Gasteiger partial charge in [-0.1, -0.05) is 36.4 Å². The number of pyridine rings is 2. The zero-order valence-corrected chi connectivity index (χ0v) is 30.0. The summed E-state index contributed by atoms with van der Waals surface area (Å²) in [5.41, 5.74) is 7.28. The highest BCUT2D eigenvalue weighted by atomic mass is 16.5. The maximum absolute atomic E-state index is 11.4. The number of aliphatic carboxylic acids is 2. The number of carboxylic acids is 2. The van der Waals surface area contributed by atoms with E-state index < -0.39 is 36.2 Å². The minimum atomic E-state index is -1.16. The first kappa shape index (κ1) is 39.5. The van der Waals surface area contributed by atoms with Crippen LogP contribution in [0.4, 0.5) is 0 Å².